The lowest BCUT2D eigenvalue weighted by atomic mass is 10.1. The second-order valence-electron chi connectivity index (χ2n) is 4.32. The van der Waals surface area contributed by atoms with Gasteiger partial charge >= 0.3 is 0 Å². The fraction of sp³-hybridized carbons (Fsp3) is 0.400. The topological polar surface area (TPSA) is 92.4 Å². The van der Waals surface area contributed by atoms with Gasteiger partial charge in [-0.25, -0.2) is 17.5 Å². The van der Waals surface area contributed by atoms with Gasteiger partial charge in [0.1, 0.15) is 5.82 Å². The molecule has 0 amide bonds. The molecule has 0 unspecified atom stereocenters. The van der Waals surface area contributed by atoms with Gasteiger partial charge in [0.2, 0.25) is 10.0 Å². The molecule has 0 atom stereocenters. The summed E-state index contributed by atoms with van der Waals surface area (Å²) in [6, 6.07) is 3.12. The van der Waals surface area contributed by atoms with E-state index in [0.717, 1.165) is 18.2 Å². The zero-order chi connectivity index (χ0) is 13.3. The summed E-state index contributed by atoms with van der Waals surface area (Å²) in [5.41, 5.74) is 3.87. The molecule has 0 heterocycles. The number of rotatable bonds is 4. The Labute approximate surface area is 99.5 Å². The highest BCUT2D eigenvalue weighted by molar-refractivity contribution is 7.89. The normalized spacial score (nSPS) is 12.7. The minimum absolute atomic E-state index is 0.138. The van der Waals surface area contributed by atoms with Crippen molar-refractivity contribution in [2.24, 2.45) is 0 Å². The number of hydrogen-bond acceptors (Lipinski definition) is 4. The zero-order valence-corrected chi connectivity index (χ0v) is 10.4. The third kappa shape index (κ3) is 3.95. The monoisotopic (exact) mass is 262 g/mol. The summed E-state index contributed by atoms with van der Waals surface area (Å²) in [7, 11) is -3.79. The van der Waals surface area contributed by atoms with E-state index in [0.29, 0.717) is 0 Å². The molecule has 0 radical (unpaired) electrons. The molecule has 4 N–H and O–H groups in total. The first kappa shape index (κ1) is 13.9. The molecule has 1 aromatic carbocycles. The third-order valence-corrected chi connectivity index (χ3v) is 3.37. The number of nitrogens with one attached hydrogen (secondary N) is 1. The van der Waals surface area contributed by atoms with E-state index in [9.17, 15) is 17.9 Å². The van der Waals surface area contributed by atoms with Crippen LogP contribution in [0.25, 0.3) is 0 Å². The first-order valence-corrected chi connectivity index (χ1v) is 6.37. The van der Waals surface area contributed by atoms with E-state index in [1.54, 1.807) is 0 Å². The standard InChI is InChI=1S/C10H15FN2O3S/c1-10(2,14)6-13-17(15,16)7-3-4-8(11)9(12)5-7/h3-5,13-14H,6,12H2,1-2H3. The number of benzene rings is 1. The molecule has 0 aromatic heterocycles. The summed E-state index contributed by atoms with van der Waals surface area (Å²) < 4.78 is 38.6. The molecule has 0 aliphatic carbocycles. The Balaban J connectivity index is 2.94. The fourth-order valence-electron chi connectivity index (χ4n) is 1.04. The fourth-order valence-corrected chi connectivity index (χ4v) is 2.28. The number of halogens is 1. The number of hydrogen-bond donors (Lipinski definition) is 3. The third-order valence-electron chi connectivity index (χ3n) is 1.97. The maximum absolute atomic E-state index is 12.9. The molecule has 0 saturated heterocycles. The molecule has 0 aliphatic rings. The van der Waals surface area contributed by atoms with E-state index in [-0.39, 0.29) is 17.1 Å². The Morgan fingerprint density at radius 1 is 1.47 bits per heavy atom. The molecule has 1 rings (SSSR count). The van der Waals surface area contributed by atoms with E-state index in [1.165, 1.54) is 13.8 Å². The van der Waals surface area contributed by atoms with Crippen molar-refractivity contribution in [3.8, 4) is 0 Å². The average molecular weight is 262 g/mol. The van der Waals surface area contributed by atoms with E-state index >= 15 is 0 Å². The highest BCUT2D eigenvalue weighted by atomic mass is 32.2. The van der Waals surface area contributed by atoms with Crippen molar-refractivity contribution in [3.05, 3.63) is 24.0 Å². The maximum atomic E-state index is 12.9. The number of sulfonamides is 1. The van der Waals surface area contributed by atoms with Crippen molar-refractivity contribution in [1.82, 2.24) is 4.72 Å². The zero-order valence-electron chi connectivity index (χ0n) is 9.57. The predicted molar refractivity (Wildman–Crippen MR) is 62.3 cm³/mol. The van der Waals surface area contributed by atoms with Gasteiger partial charge in [-0.15, -0.1) is 0 Å². The molecule has 7 heteroatoms. The summed E-state index contributed by atoms with van der Waals surface area (Å²) in [6.07, 6.45) is 0. The second kappa shape index (κ2) is 4.59. The molecular formula is C10H15FN2O3S. The number of nitrogens with two attached hydrogens (primary N) is 1. The lowest BCUT2D eigenvalue weighted by Crippen LogP contribution is -2.38. The maximum Gasteiger partial charge on any atom is 0.240 e. The quantitative estimate of drug-likeness (QED) is 0.687. The van der Waals surface area contributed by atoms with Crippen LogP contribution in [-0.4, -0.2) is 25.7 Å². The minimum Gasteiger partial charge on any atom is -0.396 e. The Kier molecular flexibility index (Phi) is 3.75. The van der Waals surface area contributed by atoms with Gasteiger partial charge in [0.15, 0.2) is 0 Å². The SMILES string of the molecule is CC(C)(O)CNS(=O)(=O)c1ccc(F)c(N)c1. The number of nitrogen functional groups attached to an aromatic ring is 1. The van der Waals surface area contributed by atoms with Crippen LogP contribution in [0.15, 0.2) is 23.1 Å². The highest BCUT2D eigenvalue weighted by Crippen LogP contribution is 2.16. The largest absolute Gasteiger partial charge is 0.396 e. The average Bonchev–Trinajstić information content (AvgIpc) is 2.18. The first-order chi connectivity index (χ1) is 7.62. The molecule has 1 aromatic rings. The Morgan fingerprint density at radius 3 is 2.53 bits per heavy atom. The molecule has 0 bridgehead atoms. The van der Waals surface area contributed by atoms with Crippen LogP contribution in [0, 0.1) is 5.82 Å². The Bertz CT molecular complexity index is 509. The summed E-state index contributed by atoms with van der Waals surface area (Å²) in [5.74, 6) is -0.675. The summed E-state index contributed by atoms with van der Waals surface area (Å²) in [5, 5.41) is 9.41. The van der Waals surface area contributed by atoms with Crippen LogP contribution in [0.3, 0.4) is 0 Å². The van der Waals surface area contributed by atoms with Crippen molar-refractivity contribution in [2.45, 2.75) is 24.3 Å². The van der Waals surface area contributed by atoms with Gasteiger partial charge in [-0.2, -0.15) is 0 Å². The number of aliphatic hydroxyl groups is 1. The van der Waals surface area contributed by atoms with E-state index in [4.69, 9.17) is 5.73 Å². The molecule has 0 fully saturated rings. The Hall–Kier alpha value is -1.18. The molecule has 17 heavy (non-hydrogen) atoms. The van der Waals surface area contributed by atoms with Crippen LogP contribution in [0.1, 0.15) is 13.8 Å². The van der Waals surface area contributed by atoms with E-state index in [2.05, 4.69) is 4.72 Å². The van der Waals surface area contributed by atoms with Gasteiger partial charge in [0.05, 0.1) is 16.2 Å². The number of anilines is 1. The molecule has 0 saturated carbocycles. The van der Waals surface area contributed by atoms with Gasteiger partial charge in [-0.3, -0.25) is 0 Å². The first-order valence-electron chi connectivity index (χ1n) is 4.89. The summed E-state index contributed by atoms with van der Waals surface area (Å²) in [6.45, 7) is 2.79. The van der Waals surface area contributed by atoms with Gasteiger partial charge < -0.3 is 10.8 Å². The van der Waals surface area contributed by atoms with Gasteiger partial charge in [0.25, 0.3) is 0 Å². The van der Waals surface area contributed by atoms with Crippen LogP contribution in [-0.2, 0) is 10.0 Å². The molecule has 96 valence electrons. The Morgan fingerprint density at radius 2 is 2.06 bits per heavy atom. The van der Waals surface area contributed by atoms with Crippen LogP contribution < -0.4 is 10.5 Å². The van der Waals surface area contributed by atoms with Crippen molar-refractivity contribution in [2.75, 3.05) is 12.3 Å². The highest BCUT2D eigenvalue weighted by Gasteiger charge is 2.20. The van der Waals surface area contributed by atoms with Crippen LogP contribution in [0.4, 0.5) is 10.1 Å². The molecule has 0 aliphatic heterocycles. The van der Waals surface area contributed by atoms with Gasteiger partial charge in [-0.05, 0) is 32.0 Å². The van der Waals surface area contributed by atoms with Gasteiger partial charge in [0, 0.05) is 6.54 Å². The predicted octanol–water partition coefficient (Wildman–Crippen LogP) is 0.457. The van der Waals surface area contributed by atoms with Crippen molar-refractivity contribution in [3.63, 3.8) is 0 Å². The second-order valence-corrected chi connectivity index (χ2v) is 6.09. The van der Waals surface area contributed by atoms with Crippen molar-refractivity contribution in [1.29, 1.82) is 0 Å². The van der Waals surface area contributed by atoms with E-state index in [1.807, 2.05) is 0 Å². The smallest absolute Gasteiger partial charge is 0.240 e. The van der Waals surface area contributed by atoms with Crippen LogP contribution in [0.5, 0.6) is 0 Å². The summed E-state index contributed by atoms with van der Waals surface area (Å²) >= 11 is 0. The van der Waals surface area contributed by atoms with Crippen LogP contribution >= 0.6 is 0 Å². The van der Waals surface area contributed by atoms with Crippen molar-refractivity contribution < 1.29 is 17.9 Å². The van der Waals surface area contributed by atoms with Gasteiger partial charge in [-0.1, -0.05) is 0 Å². The molecule has 5 nitrogen and oxygen atoms in total. The van der Waals surface area contributed by atoms with Crippen LogP contribution in [0.2, 0.25) is 0 Å². The summed E-state index contributed by atoms with van der Waals surface area (Å²) in [4.78, 5) is -0.138. The van der Waals surface area contributed by atoms with Crippen molar-refractivity contribution >= 4 is 15.7 Å². The molecular weight excluding hydrogens is 247 g/mol. The lowest BCUT2D eigenvalue weighted by molar-refractivity contribution is 0.0857. The molecule has 0 spiro atoms. The van der Waals surface area contributed by atoms with E-state index < -0.39 is 21.4 Å². The lowest BCUT2D eigenvalue weighted by Gasteiger charge is -2.17. The minimum atomic E-state index is -3.79.